The van der Waals surface area contributed by atoms with E-state index < -0.39 is 10.0 Å². The molecule has 0 bridgehead atoms. The summed E-state index contributed by atoms with van der Waals surface area (Å²) in [4.78, 5) is 22.9. The molecule has 4 rings (SSSR count). The van der Waals surface area contributed by atoms with Crippen LogP contribution >= 0.6 is 11.3 Å². The van der Waals surface area contributed by atoms with Crippen molar-refractivity contribution < 1.29 is 22.7 Å². The topological polar surface area (TPSA) is 92.3 Å². The highest BCUT2D eigenvalue weighted by atomic mass is 32.2. The van der Waals surface area contributed by atoms with E-state index in [0.29, 0.717) is 36.1 Å². The summed E-state index contributed by atoms with van der Waals surface area (Å²) in [7, 11) is -2.02. The minimum Gasteiger partial charge on any atom is -0.492 e. The van der Waals surface area contributed by atoms with Gasteiger partial charge < -0.3 is 9.47 Å². The van der Waals surface area contributed by atoms with Crippen LogP contribution in [0.25, 0.3) is 10.2 Å². The molecule has 0 atom stereocenters. The molecule has 0 spiro atoms. The van der Waals surface area contributed by atoms with E-state index in [-0.39, 0.29) is 10.8 Å². The van der Waals surface area contributed by atoms with Gasteiger partial charge in [0.2, 0.25) is 10.0 Å². The minimum absolute atomic E-state index is 0.179. The molecule has 1 amide bonds. The monoisotopic (exact) mass is 574 g/mol. The second-order valence-electron chi connectivity index (χ2n) is 9.50. The second kappa shape index (κ2) is 13.7. The van der Waals surface area contributed by atoms with Crippen molar-refractivity contribution in [3.63, 3.8) is 0 Å². The van der Waals surface area contributed by atoms with Gasteiger partial charge in [0.1, 0.15) is 11.3 Å². The van der Waals surface area contributed by atoms with Gasteiger partial charge in [-0.3, -0.25) is 14.6 Å². The van der Waals surface area contributed by atoms with Crippen molar-refractivity contribution in [2.75, 3.05) is 64.5 Å². The lowest BCUT2D eigenvalue weighted by atomic mass is 10.2. The fourth-order valence-corrected chi connectivity index (χ4v) is 6.68. The van der Waals surface area contributed by atoms with Crippen LogP contribution in [-0.2, 0) is 14.8 Å². The van der Waals surface area contributed by atoms with E-state index in [1.807, 2.05) is 32.0 Å². The zero-order chi connectivity index (χ0) is 27.8. The molecule has 39 heavy (non-hydrogen) atoms. The second-order valence-corrected chi connectivity index (χ2v) is 12.6. The van der Waals surface area contributed by atoms with Gasteiger partial charge in [0, 0.05) is 45.3 Å². The van der Waals surface area contributed by atoms with E-state index in [2.05, 4.69) is 4.90 Å². The van der Waals surface area contributed by atoms with Crippen LogP contribution in [-0.4, -0.2) is 88.1 Å². The molecule has 9 nitrogen and oxygen atoms in total. The molecule has 0 unspecified atom stereocenters. The van der Waals surface area contributed by atoms with E-state index in [9.17, 15) is 13.2 Å². The van der Waals surface area contributed by atoms with E-state index in [1.54, 1.807) is 24.1 Å². The number of morpholine rings is 1. The first-order valence-corrected chi connectivity index (χ1v) is 15.8. The minimum atomic E-state index is -3.61. The van der Waals surface area contributed by atoms with Crippen LogP contribution in [0.2, 0.25) is 0 Å². The van der Waals surface area contributed by atoms with Crippen molar-refractivity contribution in [3.8, 4) is 5.75 Å². The average molecular weight is 575 g/mol. The van der Waals surface area contributed by atoms with Crippen molar-refractivity contribution in [3.05, 3.63) is 48.0 Å². The molecular formula is C28H38N4O5S2. The number of ether oxygens (including phenoxy) is 2. The van der Waals surface area contributed by atoms with Crippen LogP contribution in [0.1, 0.15) is 43.5 Å². The fraction of sp³-hybridized carbons (Fsp3) is 0.500. The number of amides is 1. The van der Waals surface area contributed by atoms with Crippen LogP contribution in [0.5, 0.6) is 5.75 Å². The molecule has 0 N–H and O–H groups in total. The van der Waals surface area contributed by atoms with Gasteiger partial charge in [-0.2, -0.15) is 0 Å². The van der Waals surface area contributed by atoms with Gasteiger partial charge in [0.05, 0.1) is 29.4 Å². The summed E-state index contributed by atoms with van der Waals surface area (Å²) < 4.78 is 39.4. The van der Waals surface area contributed by atoms with Crippen molar-refractivity contribution in [2.24, 2.45) is 0 Å². The van der Waals surface area contributed by atoms with Crippen LogP contribution < -0.4 is 9.64 Å². The van der Waals surface area contributed by atoms with E-state index in [0.717, 1.165) is 62.3 Å². The Morgan fingerprint density at radius 2 is 1.82 bits per heavy atom. The van der Waals surface area contributed by atoms with Crippen LogP contribution in [0, 0.1) is 0 Å². The van der Waals surface area contributed by atoms with Gasteiger partial charge in [0.15, 0.2) is 5.13 Å². The molecule has 11 heteroatoms. The van der Waals surface area contributed by atoms with Crippen LogP contribution in [0.15, 0.2) is 47.4 Å². The van der Waals surface area contributed by atoms with Crippen molar-refractivity contribution in [1.82, 2.24) is 14.2 Å². The highest BCUT2D eigenvalue weighted by Crippen LogP contribution is 2.35. The Morgan fingerprint density at radius 3 is 2.51 bits per heavy atom. The van der Waals surface area contributed by atoms with Crippen molar-refractivity contribution in [1.29, 1.82) is 0 Å². The fourth-order valence-electron chi connectivity index (χ4n) is 4.47. The summed E-state index contributed by atoms with van der Waals surface area (Å²) in [5, 5.41) is 0.597. The molecule has 1 fully saturated rings. The maximum Gasteiger partial charge on any atom is 0.260 e. The maximum absolute atomic E-state index is 13.8. The van der Waals surface area contributed by atoms with Crippen molar-refractivity contribution >= 4 is 42.6 Å². The summed E-state index contributed by atoms with van der Waals surface area (Å²) in [5.74, 6) is 0.484. The maximum atomic E-state index is 13.8. The standard InChI is InChI=1S/C28H38N4O5S2/c1-4-6-15-30(3)39(34,35)23-13-11-22(12-14-23)27(33)32(17-8-16-31-18-20-36-21-19-31)28-29-26-24(37-5-2)9-7-10-25(26)38-28/h7,9-14H,4-6,8,15-21H2,1-3H3. The molecule has 0 saturated carbocycles. The Hall–Kier alpha value is -2.57. The Bertz CT molecular complexity index is 1340. The Morgan fingerprint density at radius 1 is 1.08 bits per heavy atom. The number of carbonyl (C=O) groups excluding carboxylic acids is 1. The molecule has 2 aromatic carbocycles. The molecule has 0 radical (unpaired) electrons. The molecule has 1 saturated heterocycles. The normalized spacial score (nSPS) is 14.7. The lowest BCUT2D eigenvalue weighted by molar-refractivity contribution is 0.0376. The molecule has 3 aromatic rings. The molecule has 2 heterocycles. The number of aromatic nitrogens is 1. The number of sulfonamides is 1. The summed E-state index contributed by atoms with van der Waals surface area (Å²) in [6, 6.07) is 12.0. The van der Waals surface area contributed by atoms with Gasteiger partial charge in [-0.15, -0.1) is 0 Å². The van der Waals surface area contributed by atoms with E-state index in [1.165, 1.54) is 27.8 Å². The van der Waals surface area contributed by atoms with Gasteiger partial charge in [-0.25, -0.2) is 17.7 Å². The predicted octanol–water partition coefficient (Wildman–Crippen LogP) is 4.48. The number of para-hydroxylation sites is 1. The summed E-state index contributed by atoms with van der Waals surface area (Å²) in [6.45, 7) is 9.49. The van der Waals surface area contributed by atoms with Crippen molar-refractivity contribution in [2.45, 2.75) is 38.0 Å². The van der Waals surface area contributed by atoms with Gasteiger partial charge in [0.25, 0.3) is 5.91 Å². The molecule has 1 aliphatic heterocycles. The van der Waals surface area contributed by atoms with E-state index in [4.69, 9.17) is 14.5 Å². The number of rotatable bonds is 13. The van der Waals surface area contributed by atoms with Gasteiger partial charge in [-0.1, -0.05) is 30.7 Å². The van der Waals surface area contributed by atoms with E-state index >= 15 is 0 Å². The first kappa shape index (κ1) is 29.4. The largest absolute Gasteiger partial charge is 0.492 e. The number of anilines is 1. The summed E-state index contributed by atoms with van der Waals surface area (Å²) >= 11 is 1.45. The van der Waals surface area contributed by atoms with Crippen LogP contribution in [0.3, 0.4) is 0 Å². The molecular weight excluding hydrogens is 536 g/mol. The van der Waals surface area contributed by atoms with Crippen LogP contribution in [0.4, 0.5) is 5.13 Å². The number of benzene rings is 2. The zero-order valence-corrected chi connectivity index (χ0v) is 24.6. The number of hydrogen-bond donors (Lipinski definition) is 0. The number of carbonyl (C=O) groups is 1. The smallest absolute Gasteiger partial charge is 0.260 e. The number of nitrogens with zero attached hydrogens (tertiary/aromatic N) is 4. The predicted molar refractivity (Wildman–Crippen MR) is 156 cm³/mol. The molecule has 212 valence electrons. The summed E-state index contributed by atoms with van der Waals surface area (Å²) in [6.07, 6.45) is 2.47. The lowest BCUT2D eigenvalue weighted by Gasteiger charge is -2.27. The summed E-state index contributed by atoms with van der Waals surface area (Å²) in [5.41, 5.74) is 1.16. The number of hydrogen-bond acceptors (Lipinski definition) is 8. The number of fused-ring (bicyclic) bond motifs is 1. The zero-order valence-electron chi connectivity index (χ0n) is 23.0. The van der Waals surface area contributed by atoms with Gasteiger partial charge >= 0.3 is 0 Å². The SMILES string of the molecule is CCCCN(C)S(=O)(=O)c1ccc(C(=O)N(CCCN2CCOCC2)c2nc3c(OCC)cccc3s2)cc1. The number of thiazole rings is 1. The molecule has 0 aliphatic carbocycles. The Kier molecular flexibility index (Phi) is 10.3. The molecule has 1 aliphatic rings. The third kappa shape index (κ3) is 7.15. The Labute approximate surface area is 235 Å². The van der Waals surface area contributed by atoms with Gasteiger partial charge in [-0.05, 0) is 56.2 Å². The number of unbranched alkanes of at least 4 members (excludes halogenated alkanes) is 1. The lowest BCUT2D eigenvalue weighted by Crippen LogP contribution is -2.39. The highest BCUT2D eigenvalue weighted by Gasteiger charge is 2.25. The first-order chi connectivity index (χ1) is 18.8. The average Bonchev–Trinajstić information content (AvgIpc) is 3.39. The molecule has 1 aromatic heterocycles. The third-order valence-corrected chi connectivity index (χ3v) is 9.66. The first-order valence-electron chi connectivity index (χ1n) is 13.6. The Balaban J connectivity index is 1.58. The third-order valence-electron chi connectivity index (χ3n) is 6.74. The highest BCUT2D eigenvalue weighted by molar-refractivity contribution is 7.89. The quantitative estimate of drug-likeness (QED) is 0.297.